The maximum absolute atomic E-state index is 13.0. The normalized spacial score (nSPS) is 13.7. The summed E-state index contributed by atoms with van der Waals surface area (Å²) in [6.45, 7) is 2.65. The lowest BCUT2D eigenvalue weighted by atomic mass is 9.90. The van der Waals surface area contributed by atoms with Gasteiger partial charge in [0.25, 0.3) is 11.8 Å². The van der Waals surface area contributed by atoms with Crippen molar-refractivity contribution in [3.63, 3.8) is 0 Å². The highest BCUT2D eigenvalue weighted by Gasteiger charge is 2.32. The van der Waals surface area contributed by atoms with E-state index in [9.17, 15) is 9.59 Å². The molecule has 0 saturated heterocycles. The van der Waals surface area contributed by atoms with E-state index in [4.69, 9.17) is 0 Å². The molecule has 1 aromatic heterocycles. The molecule has 4 rings (SSSR count). The van der Waals surface area contributed by atoms with Crippen LogP contribution in [0.2, 0.25) is 0 Å². The van der Waals surface area contributed by atoms with Crippen LogP contribution in [0.3, 0.4) is 0 Å². The second-order valence-corrected chi connectivity index (χ2v) is 7.64. The van der Waals surface area contributed by atoms with Crippen LogP contribution in [0, 0.1) is 0 Å². The number of carbonyl (C=O) groups is 2. The summed E-state index contributed by atoms with van der Waals surface area (Å²) in [6, 6.07) is 13.8. The van der Waals surface area contributed by atoms with Gasteiger partial charge in [-0.3, -0.25) is 14.5 Å². The van der Waals surface area contributed by atoms with Crippen molar-refractivity contribution in [2.24, 2.45) is 0 Å². The van der Waals surface area contributed by atoms with E-state index in [-0.39, 0.29) is 11.8 Å². The lowest BCUT2D eigenvalue weighted by molar-refractivity contribution is 0.0608. The summed E-state index contributed by atoms with van der Waals surface area (Å²) < 4.78 is 0. The number of imide groups is 1. The molecule has 1 aliphatic heterocycles. The van der Waals surface area contributed by atoms with Gasteiger partial charge in [-0.1, -0.05) is 50.5 Å². The molecule has 0 spiro atoms. The van der Waals surface area contributed by atoms with Gasteiger partial charge in [-0.2, -0.15) is 0 Å². The minimum Gasteiger partial charge on any atom is -0.274 e. The maximum Gasteiger partial charge on any atom is 0.261 e. The lowest BCUT2D eigenvalue weighted by Gasteiger charge is -2.27. The molecule has 0 aliphatic carbocycles. The molecule has 26 heavy (non-hydrogen) atoms. The highest BCUT2D eigenvalue weighted by atomic mass is 32.1. The van der Waals surface area contributed by atoms with Crippen molar-refractivity contribution < 1.29 is 9.59 Å². The fourth-order valence-corrected chi connectivity index (χ4v) is 4.46. The second kappa shape index (κ2) is 7.04. The third-order valence-corrected chi connectivity index (χ3v) is 5.92. The first kappa shape index (κ1) is 17.0. The molecular formula is C22H21NO2S. The number of rotatable bonds is 6. The molecule has 2 heterocycles. The lowest BCUT2D eigenvalue weighted by Crippen LogP contribution is -2.40. The van der Waals surface area contributed by atoms with E-state index in [1.54, 1.807) is 11.3 Å². The number of hydrogen-bond acceptors (Lipinski definition) is 3. The first-order valence-electron chi connectivity index (χ1n) is 9.18. The molecule has 0 N–H and O–H groups in total. The highest BCUT2D eigenvalue weighted by molar-refractivity contribution is 7.13. The predicted octanol–water partition coefficient (Wildman–Crippen LogP) is 5.74. The SMILES string of the molecule is CCCCCCN1C(=O)c2cccc3c(-c4cccs4)ccc(c23)C1=O. The Labute approximate surface area is 157 Å². The van der Waals surface area contributed by atoms with Gasteiger partial charge in [0.15, 0.2) is 0 Å². The number of carbonyl (C=O) groups excluding carboxylic acids is 2. The van der Waals surface area contributed by atoms with Crippen molar-refractivity contribution in [3.05, 3.63) is 59.0 Å². The average Bonchev–Trinajstić information content (AvgIpc) is 3.19. The Morgan fingerprint density at radius 1 is 0.846 bits per heavy atom. The Balaban J connectivity index is 1.78. The number of hydrogen-bond donors (Lipinski definition) is 0. The van der Waals surface area contributed by atoms with E-state index in [1.165, 1.54) is 4.90 Å². The molecule has 0 bridgehead atoms. The van der Waals surface area contributed by atoms with Crippen LogP contribution in [0.5, 0.6) is 0 Å². The molecule has 0 fully saturated rings. The molecule has 132 valence electrons. The Hall–Kier alpha value is -2.46. The van der Waals surface area contributed by atoms with Crippen LogP contribution < -0.4 is 0 Å². The van der Waals surface area contributed by atoms with E-state index in [2.05, 4.69) is 13.0 Å². The average molecular weight is 363 g/mol. The molecule has 2 amide bonds. The fourth-order valence-electron chi connectivity index (χ4n) is 3.69. The van der Waals surface area contributed by atoms with E-state index in [1.807, 2.05) is 41.8 Å². The fraction of sp³-hybridized carbons (Fsp3) is 0.273. The molecular weight excluding hydrogens is 342 g/mol. The van der Waals surface area contributed by atoms with Crippen LogP contribution in [-0.4, -0.2) is 23.3 Å². The molecule has 3 aromatic rings. The Morgan fingerprint density at radius 3 is 2.35 bits per heavy atom. The zero-order valence-electron chi connectivity index (χ0n) is 14.8. The predicted molar refractivity (Wildman–Crippen MR) is 107 cm³/mol. The van der Waals surface area contributed by atoms with Crippen molar-refractivity contribution in [3.8, 4) is 10.4 Å². The third-order valence-electron chi connectivity index (χ3n) is 5.01. The van der Waals surface area contributed by atoms with Crippen LogP contribution in [0.4, 0.5) is 0 Å². The van der Waals surface area contributed by atoms with Gasteiger partial charge >= 0.3 is 0 Å². The zero-order chi connectivity index (χ0) is 18.1. The first-order chi connectivity index (χ1) is 12.7. The highest BCUT2D eigenvalue weighted by Crippen LogP contribution is 2.37. The van der Waals surface area contributed by atoms with Crippen molar-refractivity contribution >= 4 is 33.9 Å². The van der Waals surface area contributed by atoms with Crippen LogP contribution in [-0.2, 0) is 0 Å². The third kappa shape index (κ3) is 2.74. The summed E-state index contributed by atoms with van der Waals surface area (Å²) in [7, 11) is 0. The molecule has 2 aromatic carbocycles. The number of thiophene rings is 1. The van der Waals surface area contributed by atoms with Crippen LogP contribution >= 0.6 is 11.3 Å². The van der Waals surface area contributed by atoms with Gasteiger partial charge in [-0.05, 0) is 40.9 Å². The largest absolute Gasteiger partial charge is 0.274 e. The van der Waals surface area contributed by atoms with Crippen molar-refractivity contribution in [2.75, 3.05) is 6.54 Å². The number of amides is 2. The van der Waals surface area contributed by atoms with E-state index >= 15 is 0 Å². The van der Waals surface area contributed by atoms with Gasteiger partial charge in [0.05, 0.1) is 0 Å². The summed E-state index contributed by atoms with van der Waals surface area (Å²) in [5, 5.41) is 3.83. The Morgan fingerprint density at radius 2 is 1.62 bits per heavy atom. The monoisotopic (exact) mass is 363 g/mol. The Kier molecular flexibility index (Phi) is 4.60. The van der Waals surface area contributed by atoms with Gasteiger partial charge < -0.3 is 0 Å². The minimum absolute atomic E-state index is 0.159. The molecule has 4 heteroatoms. The standard InChI is InChI=1S/C22H21NO2S/c1-2-3-4-5-13-23-21(24)17-9-6-8-16-15(19-10-7-14-26-19)11-12-18(20(16)17)22(23)25/h6-12,14H,2-5,13H2,1H3. The summed E-state index contributed by atoms with van der Waals surface area (Å²) in [5.74, 6) is -0.319. The summed E-state index contributed by atoms with van der Waals surface area (Å²) in [5.41, 5.74) is 2.37. The maximum atomic E-state index is 13.0. The van der Waals surface area contributed by atoms with Crippen molar-refractivity contribution in [1.29, 1.82) is 0 Å². The number of benzene rings is 2. The van der Waals surface area contributed by atoms with Crippen molar-refractivity contribution in [1.82, 2.24) is 4.90 Å². The number of nitrogens with zero attached hydrogens (tertiary/aromatic N) is 1. The smallest absolute Gasteiger partial charge is 0.261 e. The number of unbranched alkanes of at least 4 members (excludes halogenated alkanes) is 3. The molecule has 0 saturated carbocycles. The van der Waals surface area contributed by atoms with Gasteiger partial charge in [0.2, 0.25) is 0 Å². The van der Waals surface area contributed by atoms with Gasteiger partial charge in [0.1, 0.15) is 0 Å². The Bertz CT molecular complexity index is 953. The molecule has 0 atom stereocenters. The van der Waals surface area contributed by atoms with Crippen LogP contribution in [0.1, 0.15) is 53.3 Å². The molecule has 1 aliphatic rings. The van der Waals surface area contributed by atoms with Gasteiger partial charge in [-0.25, -0.2) is 0 Å². The van der Waals surface area contributed by atoms with Crippen LogP contribution in [0.15, 0.2) is 47.8 Å². The minimum atomic E-state index is -0.159. The molecule has 0 unspecified atom stereocenters. The van der Waals surface area contributed by atoms with Gasteiger partial charge in [-0.15, -0.1) is 11.3 Å². The van der Waals surface area contributed by atoms with E-state index in [0.29, 0.717) is 17.7 Å². The summed E-state index contributed by atoms with van der Waals surface area (Å²) in [4.78, 5) is 28.5. The second-order valence-electron chi connectivity index (χ2n) is 6.69. The summed E-state index contributed by atoms with van der Waals surface area (Å²) in [6.07, 6.45) is 4.17. The topological polar surface area (TPSA) is 37.4 Å². The van der Waals surface area contributed by atoms with E-state index < -0.39 is 0 Å². The molecule has 0 radical (unpaired) electrons. The van der Waals surface area contributed by atoms with E-state index in [0.717, 1.165) is 46.9 Å². The summed E-state index contributed by atoms with van der Waals surface area (Å²) >= 11 is 1.67. The van der Waals surface area contributed by atoms with Crippen LogP contribution in [0.25, 0.3) is 21.2 Å². The van der Waals surface area contributed by atoms with Crippen molar-refractivity contribution in [2.45, 2.75) is 32.6 Å². The quantitative estimate of drug-likeness (QED) is 0.413. The zero-order valence-corrected chi connectivity index (χ0v) is 15.6. The first-order valence-corrected chi connectivity index (χ1v) is 10.1. The molecule has 3 nitrogen and oxygen atoms in total. The van der Waals surface area contributed by atoms with Gasteiger partial charge in [0, 0.05) is 27.9 Å².